The zero-order valence-electron chi connectivity index (χ0n) is 11.1. The first-order valence-corrected chi connectivity index (χ1v) is 8.10. The molecular weight excluding hydrogens is 340 g/mol. The van der Waals surface area contributed by atoms with E-state index in [1.54, 1.807) is 6.20 Å². The van der Waals surface area contributed by atoms with Crippen LogP contribution in [-0.4, -0.2) is 46.3 Å². The zero-order chi connectivity index (χ0) is 14.1. The molecule has 1 aliphatic heterocycles. The molecule has 1 amide bonds. The van der Waals surface area contributed by atoms with Crippen LogP contribution in [0.2, 0.25) is 0 Å². The van der Waals surface area contributed by atoms with Gasteiger partial charge in [0.05, 0.1) is 0 Å². The Morgan fingerprint density at radius 1 is 1.60 bits per heavy atom. The zero-order valence-corrected chi connectivity index (χ0v) is 13.5. The summed E-state index contributed by atoms with van der Waals surface area (Å²) in [6.07, 6.45) is 3.87. The Labute approximate surface area is 129 Å². The number of amides is 1. The quantitative estimate of drug-likeness (QED) is 0.898. The van der Waals surface area contributed by atoms with Gasteiger partial charge in [0.2, 0.25) is 0 Å². The second kappa shape index (κ2) is 5.75. The van der Waals surface area contributed by atoms with Gasteiger partial charge >= 0.3 is 0 Å². The fourth-order valence-electron chi connectivity index (χ4n) is 2.51. The molecule has 20 heavy (non-hydrogen) atoms. The number of carbonyl (C=O) groups is 1. The Balaban J connectivity index is 1.80. The summed E-state index contributed by atoms with van der Waals surface area (Å²) in [5.41, 5.74) is 0.479. The Bertz CT molecular complexity index is 644. The summed E-state index contributed by atoms with van der Waals surface area (Å²) in [4.78, 5) is 19.7. The topological polar surface area (TPSA) is 58.1 Å². The van der Waals surface area contributed by atoms with E-state index < -0.39 is 0 Å². The number of carbonyl (C=O) groups excluding carboxylic acids is 1. The number of nitrogens with one attached hydrogen (secondary N) is 1. The van der Waals surface area contributed by atoms with Crippen molar-refractivity contribution in [1.29, 1.82) is 0 Å². The van der Waals surface area contributed by atoms with Crippen molar-refractivity contribution in [2.75, 3.05) is 20.1 Å². The van der Waals surface area contributed by atoms with E-state index in [4.69, 9.17) is 0 Å². The van der Waals surface area contributed by atoms with Crippen LogP contribution in [0, 0.1) is 0 Å². The lowest BCUT2D eigenvalue weighted by Gasteiger charge is -2.29. The van der Waals surface area contributed by atoms with Crippen molar-refractivity contribution in [2.24, 2.45) is 0 Å². The minimum Gasteiger partial charge on any atom is -0.347 e. The minimum absolute atomic E-state index is 0.101. The van der Waals surface area contributed by atoms with Crippen molar-refractivity contribution in [3.05, 3.63) is 22.4 Å². The molecule has 1 saturated heterocycles. The molecule has 1 atom stereocenters. The van der Waals surface area contributed by atoms with Crippen LogP contribution in [0.5, 0.6) is 0 Å². The molecule has 0 aromatic carbocycles. The van der Waals surface area contributed by atoms with Gasteiger partial charge in [0, 0.05) is 28.6 Å². The predicted molar refractivity (Wildman–Crippen MR) is 83.1 cm³/mol. The van der Waals surface area contributed by atoms with E-state index in [-0.39, 0.29) is 11.9 Å². The number of aromatic nitrogens is 2. The third kappa shape index (κ3) is 2.84. The number of rotatable bonds is 2. The van der Waals surface area contributed by atoms with Crippen molar-refractivity contribution < 1.29 is 4.79 Å². The number of halogens is 1. The van der Waals surface area contributed by atoms with Crippen LogP contribution >= 0.6 is 27.5 Å². The largest absolute Gasteiger partial charge is 0.347 e. The Morgan fingerprint density at radius 3 is 3.25 bits per heavy atom. The number of piperidine rings is 1. The second-order valence-electron chi connectivity index (χ2n) is 5.11. The smallest absolute Gasteiger partial charge is 0.271 e. The van der Waals surface area contributed by atoms with Gasteiger partial charge in [-0.15, -0.1) is 0 Å². The minimum atomic E-state index is -0.101. The highest BCUT2D eigenvalue weighted by Gasteiger charge is 2.22. The van der Waals surface area contributed by atoms with Crippen molar-refractivity contribution >= 4 is 43.6 Å². The molecule has 0 radical (unpaired) electrons. The lowest BCUT2D eigenvalue weighted by Crippen LogP contribution is -2.46. The molecule has 1 aliphatic rings. The number of fused-ring (bicyclic) bond motifs is 1. The number of pyridine rings is 1. The first-order chi connectivity index (χ1) is 9.63. The average Bonchev–Trinajstić information content (AvgIpc) is 2.81. The highest BCUT2D eigenvalue weighted by atomic mass is 79.9. The third-order valence-corrected chi connectivity index (χ3v) is 4.68. The molecule has 0 saturated carbocycles. The van der Waals surface area contributed by atoms with Gasteiger partial charge in [0.1, 0.15) is 4.83 Å². The van der Waals surface area contributed by atoms with Gasteiger partial charge in [0.15, 0.2) is 5.69 Å². The molecular formula is C13H15BrN4OS. The highest BCUT2D eigenvalue weighted by Crippen LogP contribution is 2.24. The van der Waals surface area contributed by atoms with Crippen LogP contribution in [0.4, 0.5) is 0 Å². The van der Waals surface area contributed by atoms with Gasteiger partial charge in [-0.25, -0.2) is 4.98 Å². The van der Waals surface area contributed by atoms with Crippen LogP contribution in [0.15, 0.2) is 16.7 Å². The molecule has 7 heteroatoms. The van der Waals surface area contributed by atoms with E-state index in [1.165, 1.54) is 11.5 Å². The van der Waals surface area contributed by atoms with Crippen molar-refractivity contribution in [1.82, 2.24) is 19.6 Å². The summed E-state index contributed by atoms with van der Waals surface area (Å²) in [6.45, 7) is 2.00. The van der Waals surface area contributed by atoms with Crippen LogP contribution in [0.25, 0.3) is 10.2 Å². The molecule has 1 fully saturated rings. The maximum absolute atomic E-state index is 12.4. The van der Waals surface area contributed by atoms with Crippen LogP contribution < -0.4 is 5.32 Å². The third-order valence-electron chi connectivity index (χ3n) is 3.47. The van der Waals surface area contributed by atoms with Gasteiger partial charge in [-0.05, 0) is 60.0 Å². The normalized spacial score (nSPS) is 20.2. The maximum atomic E-state index is 12.4. The van der Waals surface area contributed by atoms with Gasteiger partial charge in [-0.2, -0.15) is 4.37 Å². The molecule has 3 rings (SSSR count). The van der Waals surface area contributed by atoms with Gasteiger partial charge < -0.3 is 10.2 Å². The molecule has 2 aromatic rings. The molecule has 0 spiro atoms. The summed E-state index contributed by atoms with van der Waals surface area (Å²) >= 11 is 4.64. The Morgan fingerprint density at radius 2 is 2.45 bits per heavy atom. The summed E-state index contributed by atoms with van der Waals surface area (Å²) in [5.74, 6) is -0.101. The first kappa shape index (κ1) is 13.9. The van der Waals surface area contributed by atoms with E-state index in [1.807, 2.05) is 6.07 Å². The molecule has 2 aromatic heterocycles. The summed E-state index contributed by atoms with van der Waals surface area (Å²) in [5, 5.41) is 3.89. The number of hydrogen-bond acceptors (Lipinski definition) is 5. The lowest BCUT2D eigenvalue weighted by molar-refractivity contribution is 0.0910. The molecule has 5 nitrogen and oxygen atoms in total. The van der Waals surface area contributed by atoms with E-state index in [0.717, 1.165) is 40.6 Å². The summed E-state index contributed by atoms with van der Waals surface area (Å²) in [6, 6.07) is 2.10. The van der Waals surface area contributed by atoms with E-state index >= 15 is 0 Å². The molecule has 3 heterocycles. The van der Waals surface area contributed by atoms with Crippen molar-refractivity contribution in [2.45, 2.75) is 18.9 Å². The fourth-order valence-corrected chi connectivity index (χ4v) is 3.55. The number of hydrogen-bond donors (Lipinski definition) is 1. The van der Waals surface area contributed by atoms with Crippen LogP contribution in [0.3, 0.4) is 0 Å². The number of likely N-dealkylation sites (tertiary alicyclic amines) is 1. The number of likely N-dealkylation sites (N-methyl/N-ethyl adjacent to an activating group) is 1. The van der Waals surface area contributed by atoms with E-state index in [0.29, 0.717) is 5.69 Å². The van der Waals surface area contributed by atoms with Gasteiger partial charge in [0.25, 0.3) is 5.91 Å². The van der Waals surface area contributed by atoms with Gasteiger partial charge in [-0.1, -0.05) is 0 Å². The van der Waals surface area contributed by atoms with Crippen LogP contribution in [-0.2, 0) is 0 Å². The fraction of sp³-hybridized carbons (Fsp3) is 0.462. The van der Waals surface area contributed by atoms with Crippen molar-refractivity contribution in [3.8, 4) is 0 Å². The van der Waals surface area contributed by atoms with E-state index in [9.17, 15) is 4.79 Å². The molecule has 106 valence electrons. The van der Waals surface area contributed by atoms with E-state index in [2.05, 4.69) is 42.6 Å². The molecule has 0 bridgehead atoms. The molecule has 0 aliphatic carbocycles. The lowest BCUT2D eigenvalue weighted by atomic mass is 10.1. The Kier molecular flexibility index (Phi) is 4.00. The van der Waals surface area contributed by atoms with Gasteiger partial charge in [-0.3, -0.25) is 4.79 Å². The van der Waals surface area contributed by atoms with Crippen LogP contribution in [0.1, 0.15) is 23.3 Å². The predicted octanol–water partition coefficient (Wildman–Crippen LogP) is 2.28. The average molecular weight is 355 g/mol. The summed E-state index contributed by atoms with van der Waals surface area (Å²) in [7, 11) is 2.08. The first-order valence-electron chi connectivity index (χ1n) is 6.54. The summed E-state index contributed by atoms with van der Waals surface area (Å²) < 4.78 is 5.11. The monoisotopic (exact) mass is 354 g/mol. The molecule has 1 unspecified atom stereocenters. The second-order valence-corrected chi connectivity index (χ2v) is 6.78. The Hall–Kier alpha value is -1.05. The highest BCUT2D eigenvalue weighted by molar-refractivity contribution is 9.10. The maximum Gasteiger partial charge on any atom is 0.271 e. The molecule has 1 N–H and O–H groups in total. The SMILES string of the molecule is CN1CCCC(NC(=O)c2nsc3ncc(Br)cc23)C1. The number of nitrogens with zero attached hydrogens (tertiary/aromatic N) is 3. The van der Waals surface area contributed by atoms with Crippen molar-refractivity contribution in [3.63, 3.8) is 0 Å². The standard InChI is InChI=1S/C13H15BrN4OS/c1-18-4-2-3-9(7-18)16-12(19)11-10-5-8(14)6-15-13(10)20-17-11/h5-6,9H,2-4,7H2,1H3,(H,16,19).